The molecule has 0 aliphatic heterocycles. The number of aliphatic hydroxyl groups is 1. The first-order chi connectivity index (χ1) is 11.0. The summed E-state index contributed by atoms with van der Waals surface area (Å²) in [6.45, 7) is 9.21. The molecule has 0 radical (unpaired) electrons. The molecule has 0 aromatic carbocycles. The largest absolute Gasteiger partial charge is 0.394 e. The number of nitrogens with zero attached hydrogens (tertiary/aromatic N) is 3. The van der Waals surface area contributed by atoms with Crippen LogP contribution in [0.3, 0.4) is 0 Å². The molecule has 2 aromatic heterocycles. The highest BCUT2D eigenvalue weighted by Crippen LogP contribution is 2.25. The van der Waals surface area contributed by atoms with Gasteiger partial charge in [-0.2, -0.15) is 5.10 Å². The Balaban J connectivity index is 2.46. The standard InChI is InChI=1S/C17H23FN4O2/c1-16(2,3)13-8-12(15(24)20-17(4,5)10-23)21-22(13)14-7-6-11(18)9-19-14/h6-9,23H,10H2,1-5H3,(H,20,24). The molecule has 2 rings (SSSR count). The summed E-state index contributed by atoms with van der Waals surface area (Å²) < 4.78 is 14.7. The van der Waals surface area contributed by atoms with Crippen LogP contribution in [0.4, 0.5) is 4.39 Å². The average Bonchev–Trinajstić information content (AvgIpc) is 2.93. The van der Waals surface area contributed by atoms with Crippen molar-refractivity contribution in [2.24, 2.45) is 0 Å². The first-order valence-corrected chi connectivity index (χ1v) is 7.69. The van der Waals surface area contributed by atoms with Crippen LogP contribution >= 0.6 is 0 Å². The molecular weight excluding hydrogens is 311 g/mol. The van der Waals surface area contributed by atoms with Gasteiger partial charge in [0.05, 0.1) is 24.0 Å². The van der Waals surface area contributed by atoms with Crippen molar-refractivity contribution in [3.8, 4) is 5.82 Å². The van der Waals surface area contributed by atoms with Gasteiger partial charge < -0.3 is 10.4 Å². The maximum Gasteiger partial charge on any atom is 0.272 e. The van der Waals surface area contributed by atoms with Crippen LogP contribution in [-0.4, -0.2) is 37.9 Å². The van der Waals surface area contributed by atoms with E-state index in [9.17, 15) is 14.3 Å². The predicted octanol–water partition coefficient (Wildman–Crippen LogP) is 2.20. The van der Waals surface area contributed by atoms with Gasteiger partial charge in [0.15, 0.2) is 11.5 Å². The molecule has 0 saturated carbocycles. The first-order valence-electron chi connectivity index (χ1n) is 7.69. The highest BCUT2D eigenvalue weighted by atomic mass is 19.1. The topological polar surface area (TPSA) is 80.0 Å². The number of nitrogens with one attached hydrogen (secondary N) is 1. The zero-order valence-corrected chi connectivity index (χ0v) is 14.6. The van der Waals surface area contributed by atoms with E-state index < -0.39 is 11.4 Å². The Morgan fingerprint density at radius 3 is 2.46 bits per heavy atom. The lowest BCUT2D eigenvalue weighted by Crippen LogP contribution is -2.46. The van der Waals surface area contributed by atoms with Gasteiger partial charge in [0.1, 0.15) is 5.82 Å². The van der Waals surface area contributed by atoms with E-state index >= 15 is 0 Å². The smallest absolute Gasteiger partial charge is 0.272 e. The molecule has 0 unspecified atom stereocenters. The fourth-order valence-electron chi connectivity index (χ4n) is 2.11. The van der Waals surface area contributed by atoms with Gasteiger partial charge in [0.2, 0.25) is 0 Å². The molecule has 130 valence electrons. The lowest BCUT2D eigenvalue weighted by molar-refractivity contribution is 0.0864. The van der Waals surface area contributed by atoms with Gasteiger partial charge in [-0.25, -0.2) is 14.1 Å². The number of carbonyl (C=O) groups is 1. The number of aliphatic hydroxyl groups excluding tert-OH is 1. The summed E-state index contributed by atoms with van der Waals surface area (Å²) in [7, 11) is 0. The van der Waals surface area contributed by atoms with Crippen molar-refractivity contribution in [2.75, 3.05) is 6.61 Å². The van der Waals surface area contributed by atoms with Crippen LogP contribution < -0.4 is 5.32 Å². The fraction of sp³-hybridized carbons (Fsp3) is 0.471. The number of pyridine rings is 1. The molecule has 0 aliphatic carbocycles. The number of aromatic nitrogens is 3. The van der Waals surface area contributed by atoms with E-state index in [0.717, 1.165) is 11.9 Å². The molecule has 2 aromatic rings. The van der Waals surface area contributed by atoms with Gasteiger partial charge in [0.25, 0.3) is 5.91 Å². The Morgan fingerprint density at radius 1 is 1.29 bits per heavy atom. The zero-order chi connectivity index (χ0) is 18.1. The van der Waals surface area contributed by atoms with E-state index in [-0.39, 0.29) is 23.6 Å². The van der Waals surface area contributed by atoms with Crippen LogP contribution in [0.1, 0.15) is 50.8 Å². The van der Waals surface area contributed by atoms with Crippen molar-refractivity contribution >= 4 is 5.91 Å². The van der Waals surface area contributed by atoms with Crippen LogP contribution in [0.25, 0.3) is 5.82 Å². The summed E-state index contributed by atoms with van der Waals surface area (Å²) in [6.07, 6.45) is 1.11. The van der Waals surface area contributed by atoms with Crippen LogP contribution in [0.15, 0.2) is 24.4 Å². The van der Waals surface area contributed by atoms with E-state index in [0.29, 0.717) is 5.82 Å². The minimum Gasteiger partial charge on any atom is -0.394 e. The molecule has 0 bridgehead atoms. The number of halogens is 1. The molecule has 7 heteroatoms. The second kappa shape index (κ2) is 6.32. The van der Waals surface area contributed by atoms with Gasteiger partial charge in [-0.15, -0.1) is 0 Å². The number of hydrogen-bond donors (Lipinski definition) is 2. The van der Waals surface area contributed by atoms with Crippen molar-refractivity contribution in [3.63, 3.8) is 0 Å². The van der Waals surface area contributed by atoms with Crippen molar-refractivity contribution in [1.82, 2.24) is 20.1 Å². The van der Waals surface area contributed by atoms with Crippen molar-refractivity contribution in [2.45, 2.75) is 45.6 Å². The third-order valence-corrected chi connectivity index (χ3v) is 3.49. The van der Waals surface area contributed by atoms with Gasteiger partial charge in [0, 0.05) is 5.41 Å². The summed E-state index contributed by atoms with van der Waals surface area (Å²) in [5, 5.41) is 16.4. The van der Waals surface area contributed by atoms with E-state index in [1.54, 1.807) is 24.6 Å². The monoisotopic (exact) mass is 334 g/mol. The quantitative estimate of drug-likeness (QED) is 0.898. The van der Waals surface area contributed by atoms with Crippen molar-refractivity contribution in [1.29, 1.82) is 0 Å². The Hall–Kier alpha value is -2.28. The van der Waals surface area contributed by atoms with Gasteiger partial charge >= 0.3 is 0 Å². The molecule has 2 N–H and O–H groups in total. The molecule has 0 saturated heterocycles. The Morgan fingerprint density at radius 2 is 1.96 bits per heavy atom. The molecule has 0 fully saturated rings. The Kier molecular flexibility index (Phi) is 4.75. The normalized spacial score (nSPS) is 12.3. The molecule has 24 heavy (non-hydrogen) atoms. The van der Waals surface area contributed by atoms with Crippen molar-refractivity contribution in [3.05, 3.63) is 41.6 Å². The molecular formula is C17H23FN4O2. The highest BCUT2D eigenvalue weighted by Gasteiger charge is 2.27. The number of carbonyl (C=O) groups excluding carboxylic acids is 1. The summed E-state index contributed by atoms with van der Waals surface area (Å²) in [6, 6.07) is 4.50. The number of hydrogen-bond acceptors (Lipinski definition) is 4. The summed E-state index contributed by atoms with van der Waals surface area (Å²) >= 11 is 0. The lowest BCUT2D eigenvalue weighted by Gasteiger charge is -2.22. The Bertz CT molecular complexity index is 730. The third-order valence-electron chi connectivity index (χ3n) is 3.49. The second-order valence-corrected chi connectivity index (χ2v) is 7.41. The van der Waals surface area contributed by atoms with Gasteiger partial charge in [-0.1, -0.05) is 20.8 Å². The SMILES string of the molecule is CC(C)(CO)NC(=O)c1cc(C(C)(C)C)n(-c2ccc(F)cn2)n1. The van der Waals surface area contributed by atoms with Crippen LogP contribution in [0, 0.1) is 5.82 Å². The summed E-state index contributed by atoms with van der Waals surface area (Å²) in [5.41, 5.74) is -0.0635. The lowest BCUT2D eigenvalue weighted by atomic mass is 9.91. The highest BCUT2D eigenvalue weighted by molar-refractivity contribution is 5.93. The number of rotatable bonds is 4. The molecule has 0 aliphatic rings. The molecule has 6 nitrogen and oxygen atoms in total. The van der Waals surface area contributed by atoms with Gasteiger partial charge in [-0.3, -0.25) is 4.79 Å². The maximum absolute atomic E-state index is 13.1. The van der Waals surface area contributed by atoms with E-state index in [1.165, 1.54) is 12.1 Å². The maximum atomic E-state index is 13.1. The predicted molar refractivity (Wildman–Crippen MR) is 88.6 cm³/mol. The van der Waals surface area contributed by atoms with E-state index in [1.807, 2.05) is 20.8 Å². The van der Waals surface area contributed by atoms with Crippen molar-refractivity contribution < 1.29 is 14.3 Å². The fourth-order valence-corrected chi connectivity index (χ4v) is 2.11. The van der Waals surface area contributed by atoms with Crippen LogP contribution in [-0.2, 0) is 5.41 Å². The average molecular weight is 334 g/mol. The molecule has 1 amide bonds. The van der Waals surface area contributed by atoms with E-state index in [4.69, 9.17) is 0 Å². The summed E-state index contributed by atoms with van der Waals surface area (Å²) in [4.78, 5) is 16.5. The second-order valence-electron chi connectivity index (χ2n) is 7.41. The Labute approximate surface area is 140 Å². The minimum atomic E-state index is -0.753. The third kappa shape index (κ3) is 3.97. The van der Waals surface area contributed by atoms with Gasteiger partial charge in [-0.05, 0) is 32.0 Å². The molecule has 0 atom stereocenters. The van der Waals surface area contributed by atoms with E-state index in [2.05, 4.69) is 15.4 Å². The summed E-state index contributed by atoms with van der Waals surface area (Å²) in [5.74, 6) is -0.395. The first kappa shape index (κ1) is 18.1. The van der Waals surface area contributed by atoms with Crippen LogP contribution in [0.2, 0.25) is 0 Å². The number of amides is 1. The minimum absolute atomic E-state index is 0.189. The van der Waals surface area contributed by atoms with Crippen LogP contribution in [0.5, 0.6) is 0 Å². The zero-order valence-electron chi connectivity index (χ0n) is 14.6. The molecule has 2 heterocycles. The molecule has 0 spiro atoms.